The van der Waals surface area contributed by atoms with Crippen LogP contribution in [0.1, 0.15) is 6.99 Å². The normalized spacial score (nSPS) is 10.0. The number of carbonyl (C=O) groups excluding carboxylic acids is 1. The summed E-state index contributed by atoms with van der Waals surface area (Å²) in [6.07, 6.45) is 4.02. The van der Waals surface area contributed by atoms with Crippen molar-refractivity contribution in [2.45, 2.75) is 0 Å². The molecule has 0 atom stereocenters. The summed E-state index contributed by atoms with van der Waals surface area (Å²) in [6.45, 7) is 0. The Morgan fingerprint density at radius 2 is 1.90 bits per heavy atom. The topological polar surface area (TPSA) is 17.1 Å². The zero-order chi connectivity index (χ0) is 7.23. The molecule has 0 aromatic heterocycles. The molecule has 0 saturated heterocycles. The van der Waals surface area contributed by atoms with Gasteiger partial charge < -0.3 is 0 Å². The Bertz CT molecular complexity index is 229. The van der Waals surface area contributed by atoms with Crippen LogP contribution < -0.4 is 0 Å². The van der Waals surface area contributed by atoms with Crippen molar-refractivity contribution in [2.75, 3.05) is 0 Å². The van der Waals surface area contributed by atoms with Gasteiger partial charge in [0.25, 0.3) is 0 Å². The van der Waals surface area contributed by atoms with Gasteiger partial charge in [-0.1, -0.05) is 36.4 Å². The molecule has 0 aliphatic heterocycles. The maximum Gasteiger partial charge on any atom is 1.00 e. The third-order valence-electron chi connectivity index (χ3n) is 1.17. The Morgan fingerprint density at radius 3 is 2.50 bits per heavy atom. The lowest BCUT2D eigenvalue weighted by Gasteiger charge is -1.86. The first-order valence-corrected chi connectivity index (χ1v) is 3.10. The fourth-order valence-corrected chi connectivity index (χ4v) is 0.715. The van der Waals surface area contributed by atoms with Crippen molar-refractivity contribution in [1.29, 1.82) is 0 Å². The number of allylic oxidation sites excluding steroid dienone is 1. The molecule has 0 aliphatic carbocycles. The zero-order valence-corrected chi connectivity index (χ0v) is 5.53. The van der Waals surface area contributed by atoms with Gasteiger partial charge in [-0.2, -0.15) is 0 Å². The molecule has 0 heterocycles. The molecular weight excluding hydrogens is 124 g/mol. The number of hydrogen-bond acceptors (Lipinski definition) is 1. The lowest BCUT2D eigenvalue weighted by Crippen LogP contribution is -1.67. The highest BCUT2D eigenvalue weighted by atomic mass is 16.1. The molecule has 1 heteroatoms. The average Bonchev–Trinajstić information content (AvgIpc) is 2.03. The fourth-order valence-electron chi connectivity index (χ4n) is 0.715. The van der Waals surface area contributed by atoms with Crippen LogP contribution in [0.3, 0.4) is 0 Å². The molecule has 0 aliphatic rings. The van der Waals surface area contributed by atoms with E-state index in [1.165, 1.54) is 6.08 Å². The molecule has 1 nitrogen and oxygen atoms in total. The maximum absolute atomic E-state index is 9.89. The molecule has 0 amide bonds. The second-order valence-electron chi connectivity index (χ2n) is 1.91. The zero-order valence-electron chi connectivity index (χ0n) is 6.53. The molecule has 0 unspecified atom stereocenters. The Hall–Kier alpha value is -1.37. The predicted octanol–water partition coefficient (Wildman–Crippen LogP) is 2.01. The van der Waals surface area contributed by atoms with E-state index in [1.54, 1.807) is 6.08 Å². The number of benzene rings is 1. The van der Waals surface area contributed by atoms with Gasteiger partial charge in [-0.05, 0) is 11.6 Å². The lowest BCUT2D eigenvalue weighted by atomic mass is 10.2. The van der Waals surface area contributed by atoms with E-state index < -0.39 is 0 Å². The third kappa shape index (κ3) is 1.86. The molecule has 0 N–H and O–H groups in total. The SMILES string of the molecule is O=C/C=C/c1ccccc1.[H+]. The van der Waals surface area contributed by atoms with Crippen LogP contribution in [0.25, 0.3) is 6.08 Å². The molecule has 0 fully saturated rings. The van der Waals surface area contributed by atoms with E-state index in [0.717, 1.165) is 11.8 Å². The average molecular weight is 133 g/mol. The molecule has 10 heavy (non-hydrogen) atoms. The number of aldehydes is 1. The van der Waals surface area contributed by atoms with Crippen LogP contribution in [0.4, 0.5) is 0 Å². The minimum Gasteiger partial charge on any atom is -0.299 e. The minimum absolute atomic E-state index is 0. The highest BCUT2D eigenvalue weighted by Crippen LogP contribution is 1.99. The van der Waals surface area contributed by atoms with Gasteiger partial charge in [0.15, 0.2) is 0 Å². The Balaban J connectivity index is 0.000001000. The Labute approximate surface area is 61.5 Å². The van der Waals surface area contributed by atoms with E-state index in [1.807, 2.05) is 30.3 Å². The van der Waals surface area contributed by atoms with Crippen molar-refractivity contribution in [3.63, 3.8) is 0 Å². The van der Waals surface area contributed by atoms with Gasteiger partial charge in [-0.3, -0.25) is 4.79 Å². The predicted molar refractivity (Wildman–Crippen MR) is 42.7 cm³/mol. The van der Waals surface area contributed by atoms with E-state index in [9.17, 15) is 4.79 Å². The molecular formula is C9H9O+. The summed E-state index contributed by atoms with van der Waals surface area (Å²) in [5.41, 5.74) is 1.05. The molecule has 0 spiro atoms. The molecule has 50 valence electrons. The highest BCUT2D eigenvalue weighted by molar-refractivity contribution is 5.73. The number of rotatable bonds is 2. The first kappa shape index (κ1) is 6.75. The van der Waals surface area contributed by atoms with Crippen LogP contribution in [0.2, 0.25) is 0 Å². The smallest absolute Gasteiger partial charge is 0.299 e. The van der Waals surface area contributed by atoms with Crippen molar-refractivity contribution in [3.05, 3.63) is 42.0 Å². The third-order valence-corrected chi connectivity index (χ3v) is 1.17. The fraction of sp³-hybridized carbons (Fsp3) is 0. The molecule has 1 aromatic rings. The Morgan fingerprint density at radius 1 is 1.20 bits per heavy atom. The van der Waals surface area contributed by atoms with Gasteiger partial charge in [-0.15, -0.1) is 0 Å². The van der Waals surface area contributed by atoms with Crippen molar-refractivity contribution in [2.24, 2.45) is 0 Å². The summed E-state index contributed by atoms with van der Waals surface area (Å²) >= 11 is 0. The van der Waals surface area contributed by atoms with Gasteiger partial charge in [0.2, 0.25) is 0 Å². The van der Waals surface area contributed by atoms with Crippen LogP contribution in [0.5, 0.6) is 0 Å². The second kappa shape index (κ2) is 3.62. The van der Waals surface area contributed by atoms with E-state index in [-0.39, 0.29) is 1.43 Å². The highest BCUT2D eigenvalue weighted by Gasteiger charge is 1.79. The molecule has 0 bridgehead atoms. The number of hydrogen-bond donors (Lipinski definition) is 0. The van der Waals surface area contributed by atoms with Gasteiger partial charge in [0, 0.05) is 0 Å². The molecule has 1 rings (SSSR count). The summed E-state index contributed by atoms with van der Waals surface area (Å²) < 4.78 is 0. The van der Waals surface area contributed by atoms with Crippen LogP contribution >= 0.6 is 0 Å². The minimum atomic E-state index is 0. The summed E-state index contributed by atoms with van der Waals surface area (Å²) in [5, 5.41) is 0. The van der Waals surface area contributed by atoms with Gasteiger partial charge >= 0.3 is 1.43 Å². The van der Waals surface area contributed by atoms with Crippen LogP contribution in [0, 0.1) is 0 Å². The molecule has 0 saturated carbocycles. The van der Waals surface area contributed by atoms with Crippen molar-refractivity contribution < 1.29 is 6.22 Å². The quantitative estimate of drug-likeness (QED) is 0.445. The summed E-state index contributed by atoms with van der Waals surface area (Å²) in [4.78, 5) is 9.89. The molecule has 1 aromatic carbocycles. The van der Waals surface area contributed by atoms with E-state index in [4.69, 9.17) is 0 Å². The first-order chi connectivity index (χ1) is 4.93. The van der Waals surface area contributed by atoms with Crippen molar-refractivity contribution in [1.82, 2.24) is 0 Å². The second-order valence-corrected chi connectivity index (χ2v) is 1.91. The maximum atomic E-state index is 9.89. The van der Waals surface area contributed by atoms with Crippen LogP contribution in [0.15, 0.2) is 36.4 Å². The monoisotopic (exact) mass is 133 g/mol. The summed E-state index contributed by atoms with van der Waals surface area (Å²) in [6, 6.07) is 9.70. The van der Waals surface area contributed by atoms with Gasteiger partial charge in [0.1, 0.15) is 6.29 Å². The standard InChI is InChI=1S/C9H8O/c10-8-4-7-9-5-2-1-3-6-9/h1-8H/p+1/b7-4+. The van der Waals surface area contributed by atoms with E-state index >= 15 is 0 Å². The van der Waals surface area contributed by atoms with Gasteiger partial charge in [-0.25, -0.2) is 0 Å². The van der Waals surface area contributed by atoms with Crippen LogP contribution in [-0.4, -0.2) is 6.29 Å². The number of carbonyl (C=O) groups is 1. The van der Waals surface area contributed by atoms with E-state index in [2.05, 4.69) is 0 Å². The van der Waals surface area contributed by atoms with Crippen LogP contribution in [-0.2, 0) is 4.79 Å². The van der Waals surface area contributed by atoms with E-state index in [0.29, 0.717) is 0 Å². The van der Waals surface area contributed by atoms with Gasteiger partial charge in [0.05, 0.1) is 0 Å². The molecule has 0 radical (unpaired) electrons. The Kier molecular flexibility index (Phi) is 2.44. The largest absolute Gasteiger partial charge is 1.00 e. The van der Waals surface area contributed by atoms with Crippen molar-refractivity contribution >= 4 is 12.4 Å². The van der Waals surface area contributed by atoms with Crippen molar-refractivity contribution in [3.8, 4) is 0 Å². The summed E-state index contributed by atoms with van der Waals surface area (Å²) in [7, 11) is 0. The summed E-state index contributed by atoms with van der Waals surface area (Å²) in [5.74, 6) is 0. The lowest BCUT2D eigenvalue weighted by molar-refractivity contribution is -0.104. The first-order valence-electron chi connectivity index (χ1n) is 3.10.